The van der Waals surface area contributed by atoms with E-state index in [2.05, 4.69) is 22.9 Å². The van der Waals surface area contributed by atoms with Crippen LogP contribution in [0.3, 0.4) is 0 Å². The number of likely N-dealkylation sites (N-methyl/N-ethyl adjacent to an activating group) is 1. The van der Waals surface area contributed by atoms with Gasteiger partial charge in [0.2, 0.25) is 5.91 Å². The summed E-state index contributed by atoms with van der Waals surface area (Å²) in [5.74, 6) is 0.0929. The standard InChI is InChI=1S/C21H28N4O3/c1-14-10-16-11-17(5-7-19(16)25(14)8-9-28-3)22-21(27)24-12-15-4-6-18(13-24)23(2)20(15)26/h5,7,10-11,15,18H,4,6,8-9,12-13H2,1-3H3,(H,22,27). The molecule has 2 unspecified atom stereocenters. The Labute approximate surface area is 165 Å². The summed E-state index contributed by atoms with van der Waals surface area (Å²) in [5, 5.41) is 4.12. The number of anilines is 1. The van der Waals surface area contributed by atoms with Crippen LogP contribution in [0.4, 0.5) is 10.5 Å². The van der Waals surface area contributed by atoms with Crippen LogP contribution in [-0.4, -0.2) is 66.2 Å². The van der Waals surface area contributed by atoms with E-state index in [0.29, 0.717) is 19.7 Å². The molecule has 2 aromatic rings. The molecule has 3 amide bonds. The van der Waals surface area contributed by atoms with E-state index in [0.717, 1.165) is 36.0 Å². The number of rotatable bonds is 4. The summed E-state index contributed by atoms with van der Waals surface area (Å²) in [4.78, 5) is 28.8. The third-order valence-corrected chi connectivity index (χ3v) is 6.13. The Hall–Kier alpha value is -2.54. The van der Waals surface area contributed by atoms with E-state index in [1.54, 1.807) is 12.0 Å². The first-order valence-electron chi connectivity index (χ1n) is 9.89. The number of hydrogen-bond donors (Lipinski definition) is 1. The number of methoxy groups -OCH3 is 1. The monoisotopic (exact) mass is 384 g/mol. The van der Waals surface area contributed by atoms with Crippen LogP contribution in [0.1, 0.15) is 18.5 Å². The molecule has 0 aliphatic carbocycles. The lowest BCUT2D eigenvalue weighted by molar-refractivity contribution is -0.138. The molecule has 7 heteroatoms. The number of urea groups is 1. The van der Waals surface area contributed by atoms with E-state index in [-0.39, 0.29) is 23.9 Å². The summed E-state index contributed by atoms with van der Waals surface area (Å²) in [5.41, 5.74) is 3.08. The predicted molar refractivity (Wildman–Crippen MR) is 108 cm³/mol. The number of carbonyl (C=O) groups is 2. The summed E-state index contributed by atoms with van der Waals surface area (Å²) >= 11 is 0. The number of piperidine rings is 1. The van der Waals surface area contributed by atoms with Gasteiger partial charge in [-0.3, -0.25) is 4.79 Å². The summed E-state index contributed by atoms with van der Waals surface area (Å²) in [6.45, 7) is 4.64. The molecular weight excluding hydrogens is 356 g/mol. The number of fused-ring (bicyclic) bond motifs is 5. The van der Waals surface area contributed by atoms with Gasteiger partial charge in [-0.15, -0.1) is 0 Å². The van der Waals surface area contributed by atoms with Gasteiger partial charge >= 0.3 is 6.03 Å². The van der Waals surface area contributed by atoms with Gasteiger partial charge in [0.15, 0.2) is 0 Å². The average Bonchev–Trinajstić information content (AvgIpc) is 2.82. The van der Waals surface area contributed by atoms with Crippen molar-refractivity contribution in [1.29, 1.82) is 0 Å². The highest BCUT2D eigenvalue weighted by Gasteiger charge is 2.40. The number of aryl methyl sites for hydroxylation is 1. The van der Waals surface area contributed by atoms with Crippen molar-refractivity contribution in [3.63, 3.8) is 0 Å². The zero-order valence-electron chi connectivity index (χ0n) is 16.8. The van der Waals surface area contributed by atoms with Gasteiger partial charge in [0.1, 0.15) is 0 Å². The highest BCUT2D eigenvalue weighted by Crippen LogP contribution is 2.29. The first-order chi connectivity index (χ1) is 13.5. The number of aromatic nitrogens is 1. The van der Waals surface area contributed by atoms with Crippen molar-refractivity contribution in [2.45, 2.75) is 32.4 Å². The van der Waals surface area contributed by atoms with Crippen LogP contribution in [-0.2, 0) is 16.1 Å². The van der Waals surface area contributed by atoms with Gasteiger partial charge in [0.25, 0.3) is 0 Å². The zero-order valence-corrected chi connectivity index (χ0v) is 16.8. The minimum absolute atomic E-state index is 0.0746. The van der Waals surface area contributed by atoms with Crippen LogP contribution in [0.5, 0.6) is 0 Å². The smallest absolute Gasteiger partial charge is 0.321 e. The molecule has 2 atom stereocenters. The highest BCUT2D eigenvalue weighted by molar-refractivity contribution is 5.94. The third-order valence-electron chi connectivity index (χ3n) is 6.13. The number of ether oxygens (including phenoxy) is 1. The second-order valence-corrected chi connectivity index (χ2v) is 7.92. The van der Waals surface area contributed by atoms with Gasteiger partial charge in [-0.1, -0.05) is 0 Å². The van der Waals surface area contributed by atoms with Crippen LogP contribution in [0.25, 0.3) is 10.9 Å². The van der Waals surface area contributed by atoms with Crippen molar-refractivity contribution in [2.75, 3.05) is 39.2 Å². The molecule has 1 aromatic carbocycles. The van der Waals surface area contributed by atoms with Crippen LogP contribution in [0, 0.1) is 12.8 Å². The molecular formula is C21H28N4O3. The minimum Gasteiger partial charge on any atom is -0.383 e. The first-order valence-corrected chi connectivity index (χ1v) is 9.89. The van der Waals surface area contributed by atoms with Crippen molar-refractivity contribution < 1.29 is 14.3 Å². The van der Waals surface area contributed by atoms with Crippen molar-refractivity contribution in [3.05, 3.63) is 30.0 Å². The molecule has 7 nitrogen and oxygen atoms in total. The van der Waals surface area contributed by atoms with Gasteiger partial charge in [0, 0.05) is 62.1 Å². The summed E-state index contributed by atoms with van der Waals surface area (Å²) in [7, 11) is 3.56. The topological polar surface area (TPSA) is 66.8 Å². The molecule has 0 spiro atoms. The number of benzene rings is 1. The Morgan fingerprint density at radius 3 is 2.86 bits per heavy atom. The Kier molecular flexibility index (Phi) is 5.02. The zero-order chi connectivity index (χ0) is 19.8. The number of hydrogen-bond acceptors (Lipinski definition) is 3. The summed E-state index contributed by atoms with van der Waals surface area (Å²) in [6, 6.07) is 8.10. The van der Waals surface area contributed by atoms with Crippen LogP contribution in [0.15, 0.2) is 24.3 Å². The molecule has 0 radical (unpaired) electrons. The van der Waals surface area contributed by atoms with Gasteiger partial charge in [-0.2, -0.15) is 0 Å². The van der Waals surface area contributed by atoms with E-state index in [1.165, 1.54) is 5.69 Å². The van der Waals surface area contributed by atoms with Gasteiger partial charge < -0.3 is 24.4 Å². The molecule has 3 aliphatic heterocycles. The summed E-state index contributed by atoms with van der Waals surface area (Å²) < 4.78 is 7.42. The number of nitrogens with one attached hydrogen (secondary N) is 1. The maximum Gasteiger partial charge on any atom is 0.321 e. The van der Waals surface area contributed by atoms with Crippen LogP contribution < -0.4 is 5.32 Å². The Morgan fingerprint density at radius 1 is 1.25 bits per heavy atom. The number of nitrogens with zero attached hydrogens (tertiary/aromatic N) is 3. The van der Waals surface area contributed by atoms with Gasteiger partial charge in [-0.05, 0) is 44.0 Å². The van der Waals surface area contributed by atoms with E-state index >= 15 is 0 Å². The largest absolute Gasteiger partial charge is 0.383 e. The molecule has 3 fully saturated rings. The molecule has 3 saturated heterocycles. The highest BCUT2D eigenvalue weighted by atomic mass is 16.5. The molecule has 2 bridgehead atoms. The third kappa shape index (κ3) is 3.35. The molecule has 0 saturated carbocycles. The number of amides is 3. The molecule has 5 rings (SSSR count). The Balaban J connectivity index is 1.50. The molecule has 1 N–H and O–H groups in total. The van der Waals surface area contributed by atoms with Crippen LogP contribution in [0.2, 0.25) is 0 Å². The number of carbonyl (C=O) groups excluding carboxylic acids is 2. The van der Waals surface area contributed by atoms with Crippen molar-refractivity contribution in [2.24, 2.45) is 5.92 Å². The van der Waals surface area contributed by atoms with Crippen molar-refractivity contribution in [1.82, 2.24) is 14.4 Å². The molecule has 1 aromatic heterocycles. The van der Waals surface area contributed by atoms with Gasteiger partial charge in [0.05, 0.1) is 12.5 Å². The molecule has 28 heavy (non-hydrogen) atoms. The lowest BCUT2D eigenvalue weighted by Crippen LogP contribution is -2.45. The normalized spacial score (nSPS) is 22.0. The van der Waals surface area contributed by atoms with E-state index in [9.17, 15) is 9.59 Å². The van der Waals surface area contributed by atoms with E-state index < -0.39 is 0 Å². The lowest BCUT2D eigenvalue weighted by Gasteiger charge is -2.32. The fraction of sp³-hybridized carbons (Fsp3) is 0.524. The molecule has 3 aliphatic rings. The fourth-order valence-corrected chi connectivity index (χ4v) is 4.49. The maximum absolute atomic E-state index is 12.9. The van der Waals surface area contributed by atoms with Crippen molar-refractivity contribution in [3.8, 4) is 0 Å². The average molecular weight is 384 g/mol. The SMILES string of the molecule is COCCn1c(C)cc2cc(NC(=O)N3CC4CCC(C3)N(C)C4=O)ccc21. The van der Waals surface area contributed by atoms with E-state index in [1.807, 2.05) is 30.1 Å². The minimum atomic E-state index is -0.130. The predicted octanol–water partition coefficient (Wildman–Crippen LogP) is 2.68. The van der Waals surface area contributed by atoms with Gasteiger partial charge in [-0.25, -0.2) is 4.79 Å². The Morgan fingerprint density at radius 2 is 2.07 bits per heavy atom. The lowest BCUT2D eigenvalue weighted by atomic mass is 9.95. The quantitative estimate of drug-likeness (QED) is 0.881. The second-order valence-electron chi connectivity index (χ2n) is 7.92. The second kappa shape index (κ2) is 7.47. The van der Waals surface area contributed by atoms with Crippen molar-refractivity contribution >= 4 is 28.5 Å². The Bertz CT molecular complexity index is 906. The van der Waals surface area contributed by atoms with E-state index in [4.69, 9.17) is 4.74 Å². The maximum atomic E-state index is 12.9. The molecule has 150 valence electrons. The fourth-order valence-electron chi connectivity index (χ4n) is 4.49. The molecule has 4 heterocycles. The van der Waals surface area contributed by atoms with Crippen LogP contribution >= 0.6 is 0 Å². The first kappa shape index (κ1) is 18.8. The summed E-state index contributed by atoms with van der Waals surface area (Å²) in [6.07, 6.45) is 1.84.